The Hall–Kier alpha value is -3.13. The van der Waals surface area contributed by atoms with Crippen LogP contribution in [0.25, 0.3) is 0 Å². The summed E-state index contributed by atoms with van der Waals surface area (Å²) in [7, 11) is -3.76. The lowest BCUT2D eigenvalue weighted by molar-refractivity contribution is 0.0954. The van der Waals surface area contributed by atoms with Crippen molar-refractivity contribution in [1.29, 1.82) is 0 Å². The Morgan fingerprint density at radius 2 is 1.76 bits per heavy atom. The van der Waals surface area contributed by atoms with Gasteiger partial charge in [-0.2, -0.15) is 5.10 Å². The lowest BCUT2D eigenvalue weighted by Crippen LogP contribution is -2.24. The van der Waals surface area contributed by atoms with E-state index in [0.717, 1.165) is 25.0 Å². The Balaban J connectivity index is 1.67. The number of hydrazone groups is 1. The molecule has 0 radical (unpaired) electrons. The van der Waals surface area contributed by atoms with Gasteiger partial charge >= 0.3 is 0 Å². The molecule has 2 N–H and O–H groups in total. The number of nitrogens with one attached hydrogen (secondary N) is 2. The number of rotatable bonds is 7. The van der Waals surface area contributed by atoms with Crippen molar-refractivity contribution in [2.24, 2.45) is 11.0 Å². The minimum atomic E-state index is -3.76. The quantitative estimate of drug-likeness (QED) is 0.550. The van der Waals surface area contributed by atoms with Crippen LogP contribution < -0.4 is 14.9 Å². The Kier molecular flexibility index (Phi) is 7.92. The van der Waals surface area contributed by atoms with Crippen molar-refractivity contribution in [2.75, 3.05) is 11.3 Å². The summed E-state index contributed by atoms with van der Waals surface area (Å²) in [5, 5.41) is 4.39. The molecule has 0 aromatic heterocycles. The van der Waals surface area contributed by atoms with Crippen LogP contribution in [-0.2, 0) is 10.0 Å². The summed E-state index contributed by atoms with van der Waals surface area (Å²) in [6.45, 7) is 8.68. The Morgan fingerprint density at radius 1 is 1.09 bits per heavy atom. The van der Waals surface area contributed by atoms with Gasteiger partial charge in [-0.3, -0.25) is 9.52 Å². The van der Waals surface area contributed by atoms with E-state index < -0.39 is 10.0 Å². The molecule has 1 amide bonds. The lowest BCUT2D eigenvalue weighted by atomic mass is 9.83. The van der Waals surface area contributed by atoms with E-state index in [1.807, 2.05) is 6.92 Å². The molecule has 0 aliphatic heterocycles. The summed E-state index contributed by atoms with van der Waals surface area (Å²) in [5.74, 6) is 0.802. The van der Waals surface area contributed by atoms with Gasteiger partial charge in [0.1, 0.15) is 5.75 Å². The van der Waals surface area contributed by atoms with E-state index in [1.54, 1.807) is 36.4 Å². The predicted molar refractivity (Wildman–Crippen MR) is 131 cm³/mol. The third-order valence-electron chi connectivity index (χ3n) is 5.52. The number of carbonyl (C=O) groups is 1. The predicted octanol–water partition coefficient (Wildman–Crippen LogP) is 5.13. The average molecular weight is 470 g/mol. The van der Waals surface area contributed by atoms with Crippen LogP contribution in [0.5, 0.6) is 5.75 Å². The molecule has 3 rings (SSSR count). The second kappa shape index (κ2) is 10.7. The number of allylic oxidation sites excluding steroid dienone is 2. The van der Waals surface area contributed by atoms with E-state index in [1.165, 1.54) is 23.3 Å². The summed E-state index contributed by atoms with van der Waals surface area (Å²) in [6, 6.07) is 12.4. The Bertz CT molecular complexity index is 1150. The van der Waals surface area contributed by atoms with Crippen molar-refractivity contribution in [1.82, 2.24) is 5.43 Å². The molecule has 1 saturated carbocycles. The van der Waals surface area contributed by atoms with Crippen LogP contribution in [0.15, 0.2) is 69.7 Å². The minimum Gasteiger partial charge on any atom is -0.494 e. The molecule has 1 fully saturated rings. The molecule has 0 saturated heterocycles. The number of ether oxygens (including phenoxy) is 1. The highest BCUT2D eigenvalue weighted by atomic mass is 32.2. The van der Waals surface area contributed by atoms with Crippen LogP contribution in [0, 0.1) is 5.92 Å². The second-order valence-corrected chi connectivity index (χ2v) is 10.1. The van der Waals surface area contributed by atoms with Gasteiger partial charge < -0.3 is 4.74 Å². The number of amides is 1. The molecule has 176 valence electrons. The van der Waals surface area contributed by atoms with Crippen molar-refractivity contribution in [3.05, 3.63) is 65.2 Å². The Labute approximate surface area is 196 Å². The summed E-state index contributed by atoms with van der Waals surface area (Å²) in [6.07, 6.45) is 2.94. The highest BCUT2D eigenvalue weighted by molar-refractivity contribution is 7.92. The molecule has 1 aliphatic rings. The zero-order valence-corrected chi connectivity index (χ0v) is 20.3. The van der Waals surface area contributed by atoms with Crippen molar-refractivity contribution < 1.29 is 17.9 Å². The first-order valence-electron chi connectivity index (χ1n) is 11.1. The lowest BCUT2D eigenvalue weighted by Gasteiger charge is -2.23. The molecule has 0 heterocycles. The minimum absolute atomic E-state index is 0.125. The summed E-state index contributed by atoms with van der Waals surface area (Å²) in [5.41, 5.74) is 6.77. The number of hydrogen-bond donors (Lipinski definition) is 2. The molecule has 7 nitrogen and oxygen atoms in total. The zero-order valence-electron chi connectivity index (χ0n) is 19.5. The van der Waals surface area contributed by atoms with Gasteiger partial charge in [0.05, 0.1) is 17.2 Å². The van der Waals surface area contributed by atoms with E-state index in [0.29, 0.717) is 29.5 Å². The van der Waals surface area contributed by atoms with Gasteiger partial charge in [0.15, 0.2) is 0 Å². The highest BCUT2D eigenvalue weighted by Crippen LogP contribution is 2.28. The SMILES string of the molecule is CCOc1ccc(S(=O)(=O)Nc2ccc(C(=O)NN=C3CC(C)CCC3=C(C)C)cc2)cc1. The molecular formula is C25H31N3O4S. The van der Waals surface area contributed by atoms with Crippen LogP contribution in [-0.4, -0.2) is 26.6 Å². The summed E-state index contributed by atoms with van der Waals surface area (Å²) in [4.78, 5) is 12.7. The molecule has 33 heavy (non-hydrogen) atoms. The fraction of sp³-hybridized carbons (Fsp3) is 0.360. The third kappa shape index (κ3) is 6.44. The molecule has 1 atom stereocenters. The van der Waals surface area contributed by atoms with E-state index in [2.05, 4.69) is 36.0 Å². The molecule has 2 aromatic carbocycles. The first-order chi connectivity index (χ1) is 15.7. The van der Waals surface area contributed by atoms with Crippen LogP contribution in [0.3, 0.4) is 0 Å². The fourth-order valence-electron chi connectivity index (χ4n) is 3.71. The van der Waals surface area contributed by atoms with E-state index in [9.17, 15) is 13.2 Å². The molecule has 0 spiro atoms. The van der Waals surface area contributed by atoms with Crippen molar-refractivity contribution >= 4 is 27.3 Å². The largest absolute Gasteiger partial charge is 0.494 e. The fourth-order valence-corrected chi connectivity index (χ4v) is 4.77. The average Bonchev–Trinajstić information content (AvgIpc) is 2.78. The first-order valence-corrected chi connectivity index (χ1v) is 12.6. The van der Waals surface area contributed by atoms with Gasteiger partial charge in [0.25, 0.3) is 15.9 Å². The molecule has 0 bridgehead atoms. The van der Waals surface area contributed by atoms with E-state index >= 15 is 0 Å². The number of carbonyl (C=O) groups excluding carboxylic acids is 1. The number of sulfonamides is 1. The number of anilines is 1. The molecule has 1 aliphatic carbocycles. The monoisotopic (exact) mass is 469 g/mol. The maximum Gasteiger partial charge on any atom is 0.271 e. The maximum atomic E-state index is 12.6. The van der Waals surface area contributed by atoms with Gasteiger partial charge in [-0.1, -0.05) is 12.5 Å². The van der Waals surface area contributed by atoms with Gasteiger partial charge in [-0.15, -0.1) is 0 Å². The Morgan fingerprint density at radius 3 is 2.36 bits per heavy atom. The first kappa shape index (κ1) is 24.5. The van der Waals surface area contributed by atoms with Crippen LogP contribution in [0.1, 0.15) is 57.3 Å². The number of nitrogens with zero attached hydrogens (tertiary/aromatic N) is 1. The van der Waals surface area contributed by atoms with Gasteiger partial charge in [-0.25, -0.2) is 13.8 Å². The molecule has 1 unspecified atom stereocenters. The second-order valence-electron chi connectivity index (χ2n) is 8.41. The van der Waals surface area contributed by atoms with Crippen LogP contribution >= 0.6 is 0 Å². The highest BCUT2D eigenvalue weighted by Gasteiger charge is 2.20. The van der Waals surface area contributed by atoms with Crippen molar-refractivity contribution in [2.45, 2.75) is 51.9 Å². The molecular weight excluding hydrogens is 438 g/mol. The smallest absolute Gasteiger partial charge is 0.271 e. The number of benzene rings is 2. The van der Waals surface area contributed by atoms with E-state index in [4.69, 9.17) is 4.74 Å². The standard InChI is InChI=1S/C25H31N3O4S/c1-5-32-21-11-13-22(14-12-21)33(30,31)28-20-9-7-19(8-10-20)25(29)27-26-24-16-18(4)6-15-23(24)17(2)3/h7-14,18,28H,5-6,15-16H2,1-4H3,(H,27,29). The van der Waals surface area contributed by atoms with Crippen LogP contribution in [0.2, 0.25) is 0 Å². The maximum absolute atomic E-state index is 12.6. The van der Waals surface area contributed by atoms with Gasteiger partial charge in [0.2, 0.25) is 0 Å². The summed E-state index contributed by atoms with van der Waals surface area (Å²) >= 11 is 0. The van der Waals surface area contributed by atoms with Gasteiger partial charge in [-0.05, 0) is 100 Å². The van der Waals surface area contributed by atoms with Gasteiger partial charge in [0, 0.05) is 11.3 Å². The summed E-state index contributed by atoms with van der Waals surface area (Å²) < 4.78 is 33.1. The van der Waals surface area contributed by atoms with Crippen molar-refractivity contribution in [3.63, 3.8) is 0 Å². The zero-order chi connectivity index (χ0) is 24.0. The van der Waals surface area contributed by atoms with E-state index in [-0.39, 0.29) is 10.8 Å². The van der Waals surface area contributed by atoms with Crippen molar-refractivity contribution in [3.8, 4) is 5.75 Å². The third-order valence-corrected chi connectivity index (χ3v) is 6.91. The van der Waals surface area contributed by atoms with Crippen LogP contribution in [0.4, 0.5) is 5.69 Å². The number of hydrogen-bond acceptors (Lipinski definition) is 5. The topological polar surface area (TPSA) is 96.9 Å². The normalized spacial score (nSPS) is 17.5. The molecule has 8 heteroatoms. The molecule has 2 aromatic rings.